The minimum atomic E-state index is 0.908. The fourth-order valence-electron chi connectivity index (χ4n) is 2.38. The van der Waals surface area contributed by atoms with Crippen LogP contribution in [0.25, 0.3) is 11.3 Å². The molecular weight excluding hydrogens is 268 g/mol. The van der Waals surface area contributed by atoms with Crippen molar-refractivity contribution in [1.29, 1.82) is 0 Å². The first-order chi connectivity index (χ1) is 10.7. The van der Waals surface area contributed by atoms with Gasteiger partial charge in [-0.1, -0.05) is 30.4 Å². The van der Waals surface area contributed by atoms with Crippen LogP contribution in [0.3, 0.4) is 0 Å². The van der Waals surface area contributed by atoms with Crippen molar-refractivity contribution in [2.45, 2.75) is 20.3 Å². The first kappa shape index (κ1) is 14.2. The molecule has 2 aliphatic rings. The van der Waals surface area contributed by atoms with E-state index in [1.165, 1.54) is 0 Å². The van der Waals surface area contributed by atoms with E-state index in [1.54, 1.807) is 0 Å². The van der Waals surface area contributed by atoms with Crippen molar-refractivity contribution in [3.63, 3.8) is 0 Å². The zero-order chi connectivity index (χ0) is 15.4. The second-order valence-corrected chi connectivity index (χ2v) is 5.42. The summed E-state index contributed by atoms with van der Waals surface area (Å²) in [7, 11) is 0. The molecule has 1 aromatic carbocycles. The maximum absolute atomic E-state index is 4.63. The standard InChI is InChI=1S/C20H18N2/c1-15-8-5-11-19(14-21-15)17-9-6-10-18(13-17)20-12-4-3-7-16(2)22-20/h4-7,9-14H,8H2,1-2H3. The minimum Gasteiger partial charge on any atom is -0.265 e. The van der Waals surface area contributed by atoms with E-state index in [9.17, 15) is 0 Å². The number of hydrogen-bond donors (Lipinski definition) is 0. The second-order valence-electron chi connectivity index (χ2n) is 5.42. The molecule has 0 amide bonds. The average molecular weight is 286 g/mol. The lowest BCUT2D eigenvalue weighted by molar-refractivity contribution is 1.40. The van der Waals surface area contributed by atoms with Crippen molar-refractivity contribution in [1.82, 2.24) is 0 Å². The third-order valence-corrected chi connectivity index (χ3v) is 3.55. The van der Waals surface area contributed by atoms with E-state index in [0.717, 1.165) is 40.2 Å². The molecule has 0 radical (unpaired) electrons. The summed E-state index contributed by atoms with van der Waals surface area (Å²) >= 11 is 0. The maximum atomic E-state index is 4.63. The highest BCUT2D eigenvalue weighted by Crippen LogP contribution is 2.24. The van der Waals surface area contributed by atoms with Crippen molar-refractivity contribution in [2.24, 2.45) is 9.98 Å². The number of rotatable bonds is 2. The number of hydrogen-bond acceptors (Lipinski definition) is 2. The molecule has 0 saturated heterocycles. The molecule has 0 saturated carbocycles. The molecular formula is C20H18N2. The van der Waals surface area contributed by atoms with Crippen molar-refractivity contribution in [3.05, 3.63) is 77.7 Å². The molecule has 0 unspecified atom stereocenters. The van der Waals surface area contributed by atoms with E-state index >= 15 is 0 Å². The molecule has 108 valence electrons. The van der Waals surface area contributed by atoms with Gasteiger partial charge in [-0.15, -0.1) is 5.73 Å². The van der Waals surface area contributed by atoms with Crippen molar-refractivity contribution >= 4 is 22.7 Å². The summed E-state index contributed by atoms with van der Waals surface area (Å²) in [6.07, 6.45) is 12.9. The Balaban J connectivity index is 1.99. The van der Waals surface area contributed by atoms with Gasteiger partial charge in [0.1, 0.15) is 0 Å². The summed E-state index contributed by atoms with van der Waals surface area (Å²) in [5.41, 5.74) is 9.52. The lowest BCUT2D eigenvalue weighted by Gasteiger charge is -2.06. The highest BCUT2D eigenvalue weighted by molar-refractivity contribution is 5.97. The largest absolute Gasteiger partial charge is 0.265 e. The van der Waals surface area contributed by atoms with Gasteiger partial charge in [-0.3, -0.25) is 9.98 Å². The van der Waals surface area contributed by atoms with E-state index in [2.05, 4.69) is 52.1 Å². The van der Waals surface area contributed by atoms with E-state index < -0.39 is 0 Å². The maximum Gasteiger partial charge on any atom is 0.0711 e. The van der Waals surface area contributed by atoms with Crippen molar-refractivity contribution in [3.8, 4) is 0 Å². The molecule has 2 nitrogen and oxygen atoms in total. The molecule has 0 spiro atoms. The predicted molar refractivity (Wildman–Crippen MR) is 95.0 cm³/mol. The Morgan fingerprint density at radius 3 is 2.91 bits per heavy atom. The molecule has 0 fully saturated rings. The van der Waals surface area contributed by atoms with E-state index in [-0.39, 0.29) is 0 Å². The highest BCUT2D eigenvalue weighted by atomic mass is 14.8. The van der Waals surface area contributed by atoms with Crippen LogP contribution in [0.2, 0.25) is 0 Å². The molecule has 3 rings (SSSR count). The lowest BCUT2D eigenvalue weighted by Crippen LogP contribution is -1.89. The average Bonchev–Trinajstić information content (AvgIpc) is 2.87. The van der Waals surface area contributed by atoms with Crippen LogP contribution < -0.4 is 0 Å². The predicted octanol–water partition coefficient (Wildman–Crippen LogP) is 4.98. The molecule has 0 atom stereocenters. The minimum absolute atomic E-state index is 0.908. The Hall–Kier alpha value is -2.70. The lowest BCUT2D eigenvalue weighted by atomic mass is 10.0. The summed E-state index contributed by atoms with van der Waals surface area (Å²) in [4.78, 5) is 9.11. The van der Waals surface area contributed by atoms with Crippen molar-refractivity contribution < 1.29 is 0 Å². The van der Waals surface area contributed by atoms with Crippen molar-refractivity contribution in [2.75, 3.05) is 0 Å². The number of benzene rings is 1. The summed E-state index contributed by atoms with van der Waals surface area (Å²) in [6, 6.07) is 8.42. The molecule has 0 bridgehead atoms. The second kappa shape index (κ2) is 6.38. The summed E-state index contributed by atoms with van der Waals surface area (Å²) in [5, 5.41) is 0. The molecule has 2 heterocycles. The monoisotopic (exact) mass is 286 g/mol. The SMILES string of the molecule is CC1=NC(c2cccc(C3=CN=C(C)CC=C3)c2)=CC=C=C1. The molecule has 0 aliphatic carbocycles. The normalized spacial score (nSPS) is 17.2. The zero-order valence-electron chi connectivity index (χ0n) is 12.9. The Bertz CT molecular complexity index is 808. The molecule has 0 aromatic heterocycles. The van der Waals surface area contributed by atoms with Gasteiger partial charge in [0, 0.05) is 35.7 Å². The van der Waals surface area contributed by atoms with E-state index in [1.807, 2.05) is 38.3 Å². The van der Waals surface area contributed by atoms with Crippen LogP contribution in [0.1, 0.15) is 31.4 Å². The van der Waals surface area contributed by atoms with Gasteiger partial charge in [-0.2, -0.15) is 0 Å². The van der Waals surface area contributed by atoms with Gasteiger partial charge in [0.25, 0.3) is 0 Å². The van der Waals surface area contributed by atoms with E-state index in [4.69, 9.17) is 0 Å². The number of allylic oxidation sites excluding steroid dienone is 5. The molecule has 2 aliphatic heterocycles. The fraction of sp³-hybridized carbons (Fsp3) is 0.150. The summed E-state index contributed by atoms with van der Waals surface area (Å²) < 4.78 is 0. The first-order valence-corrected chi connectivity index (χ1v) is 7.41. The highest BCUT2D eigenvalue weighted by Gasteiger charge is 2.06. The molecule has 22 heavy (non-hydrogen) atoms. The van der Waals surface area contributed by atoms with E-state index in [0.29, 0.717) is 0 Å². The van der Waals surface area contributed by atoms with Gasteiger partial charge in [0.05, 0.1) is 5.70 Å². The Labute approximate surface area is 131 Å². The van der Waals surface area contributed by atoms with Gasteiger partial charge in [0.2, 0.25) is 0 Å². The van der Waals surface area contributed by atoms with Gasteiger partial charge >= 0.3 is 0 Å². The third-order valence-electron chi connectivity index (χ3n) is 3.55. The van der Waals surface area contributed by atoms with Gasteiger partial charge in [-0.25, -0.2) is 0 Å². The zero-order valence-corrected chi connectivity index (χ0v) is 12.9. The van der Waals surface area contributed by atoms with Gasteiger partial charge in [0.15, 0.2) is 0 Å². The van der Waals surface area contributed by atoms with Crippen LogP contribution in [0.4, 0.5) is 0 Å². The van der Waals surface area contributed by atoms with Gasteiger partial charge < -0.3 is 0 Å². The number of aliphatic imine (C=N–C) groups is 2. The quantitative estimate of drug-likeness (QED) is 0.685. The Kier molecular flexibility index (Phi) is 4.13. The van der Waals surface area contributed by atoms with Crippen LogP contribution in [-0.2, 0) is 0 Å². The summed E-state index contributed by atoms with van der Waals surface area (Å²) in [6.45, 7) is 4.03. The smallest absolute Gasteiger partial charge is 0.0711 e. The summed E-state index contributed by atoms with van der Waals surface area (Å²) in [5.74, 6) is 0. The van der Waals surface area contributed by atoms with Crippen LogP contribution in [0.15, 0.2) is 76.6 Å². The van der Waals surface area contributed by atoms with Gasteiger partial charge in [-0.05, 0) is 43.2 Å². The third kappa shape index (κ3) is 3.30. The van der Waals surface area contributed by atoms with Crippen LogP contribution in [0.5, 0.6) is 0 Å². The van der Waals surface area contributed by atoms with Crippen LogP contribution in [0, 0.1) is 0 Å². The number of nitrogens with zero attached hydrogens (tertiary/aromatic N) is 2. The molecule has 1 aromatic rings. The molecule has 2 heteroatoms. The topological polar surface area (TPSA) is 24.7 Å². The van der Waals surface area contributed by atoms with Crippen LogP contribution >= 0.6 is 0 Å². The fourth-order valence-corrected chi connectivity index (χ4v) is 2.38. The Morgan fingerprint density at radius 1 is 1.14 bits per heavy atom. The molecule has 0 N–H and O–H groups in total. The first-order valence-electron chi connectivity index (χ1n) is 7.41. The van der Waals surface area contributed by atoms with Crippen LogP contribution in [-0.4, -0.2) is 11.4 Å². The Morgan fingerprint density at radius 2 is 2.00 bits per heavy atom.